The van der Waals surface area contributed by atoms with Crippen molar-refractivity contribution in [2.45, 2.75) is 46.1 Å². The van der Waals surface area contributed by atoms with Gasteiger partial charge in [-0.25, -0.2) is 0 Å². The molecule has 0 aliphatic carbocycles. The lowest BCUT2D eigenvalue weighted by molar-refractivity contribution is -0.151. The second-order valence-corrected chi connectivity index (χ2v) is 4.19. The fraction of sp³-hybridized carbons (Fsp3) is 0.667. The summed E-state index contributed by atoms with van der Waals surface area (Å²) in [6, 6.07) is 0. The molecule has 0 aromatic rings. The first-order chi connectivity index (χ1) is 6.39. The number of esters is 1. The van der Waals surface area contributed by atoms with E-state index in [9.17, 15) is 4.79 Å². The summed E-state index contributed by atoms with van der Waals surface area (Å²) in [5.41, 5.74) is 2.14. The third kappa shape index (κ3) is 5.60. The number of ether oxygens (including phenoxy) is 1. The molecular formula is C12H20O2. The summed E-state index contributed by atoms with van der Waals surface area (Å²) in [5.74, 6) is 0.339. The van der Waals surface area contributed by atoms with Gasteiger partial charge in [0.25, 0.3) is 0 Å². The lowest BCUT2D eigenvalue weighted by Gasteiger charge is -2.25. The van der Waals surface area contributed by atoms with E-state index in [-0.39, 0.29) is 5.97 Å². The van der Waals surface area contributed by atoms with Gasteiger partial charge in [0.05, 0.1) is 0 Å². The molecule has 0 spiro atoms. The van der Waals surface area contributed by atoms with Crippen molar-refractivity contribution in [3.63, 3.8) is 0 Å². The van der Waals surface area contributed by atoms with Crippen LogP contribution in [-0.4, -0.2) is 11.6 Å². The van der Waals surface area contributed by atoms with Crippen molar-refractivity contribution in [2.24, 2.45) is 5.92 Å². The highest BCUT2D eigenvalue weighted by atomic mass is 16.6. The van der Waals surface area contributed by atoms with Crippen molar-refractivity contribution in [2.75, 3.05) is 0 Å². The third-order valence-electron chi connectivity index (χ3n) is 2.00. The van der Waals surface area contributed by atoms with Crippen LogP contribution in [0, 0.1) is 5.92 Å². The van der Waals surface area contributed by atoms with Crippen LogP contribution in [0.4, 0.5) is 0 Å². The highest BCUT2D eigenvalue weighted by Crippen LogP contribution is 2.22. The van der Waals surface area contributed by atoms with Crippen molar-refractivity contribution in [1.82, 2.24) is 0 Å². The van der Waals surface area contributed by atoms with E-state index >= 15 is 0 Å². The van der Waals surface area contributed by atoms with Gasteiger partial charge in [0, 0.05) is 13.0 Å². The van der Waals surface area contributed by atoms with Gasteiger partial charge in [-0.05, 0) is 25.7 Å². The zero-order valence-corrected chi connectivity index (χ0v) is 9.59. The van der Waals surface area contributed by atoms with Crippen LogP contribution in [0.3, 0.4) is 0 Å². The quantitative estimate of drug-likeness (QED) is 0.499. The molecule has 0 aliphatic heterocycles. The molecule has 0 saturated carbocycles. The van der Waals surface area contributed by atoms with Crippen LogP contribution in [0.15, 0.2) is 18.4 Å². The third-order valence-corrected chi connectivity index (χ3v) is 2.00. The van der Waals surface area contributed by atoms with E-state index in [2.05, 4.69) is 26.2 Å². The Morgan fingerprint density at radius 2 is 2.21 bits per heavy atom. The van der Waals surface area contributed by atoms with E-state index in [1.807, 2.05) is 6.92 Å². The number of carbonyl (C=O) groups is 1. The number of rotatable bonds is 5. The van der Waals surface area contributed by atoms with E-state index in [1.165, 1.54) is 6.92 Å². The number of carbonyl (C=O) groups excluding carboxylic acids is 1. The van der Waals surface area contributed by atoms with Crippen molar-refractivity contribution in [3.8, 4) is 0 Å². The molecule has 0 aromatic heterocycles. The molecule has 0 fully saturated rings. The zero-order valence-electron chi connectivity index (χ0n) is 9.59. The zero-order chi connectivity index (χ0) is 11.2. The van der Waals surface area contributed by atoms with Gasteiger partial charge in [-0.3, -0.25) is 4.79 Å². The van der Waals surface area contributed by atoms with Crippen molar-refractivity contribution in [3.05, 3.63) is 18.4 Å². The molecule has 2 heteroatoms. The first-order valence-corrected chi connectivity index (χ1v) is 4.96. The van der Waals surface area contributed by atoms with Crippen LogP contribution in [0.1, 0.15) is 40.5 Å². The Hall–Kier alpha value is -1.01. The van der Waals surface area contributed by atoms with E-state index in [0.717, 1.165) is 12.8 Å². The van der Waals surface area contributed by atoms with Crippen molar-refractivity contribution >= 4 is 5.97 Å². The summed E-state index contributed by atoms with van der Waals surface area (Å²) in [7, 11) is 0. The Morgan fingerprint density at radius 1 is 1.64 bits per heavy atom. The molecule has 0 radical (unpaired) electrons. The maximum Gasteiger partial charge on any atom is 0.303 e. The maximum absolute atomic E-state index is 10.9. The van der Waals surface area contributed by atoms with Gasteiger partial charge >= 0.3 is 5.97 Å². The molecule has 14 heavy (non-hydrogen) atoms. The Morgan fingerprint density at radius 3 is 2.57 bits per heavy atom. The van der Waals surface area contributed by atoms with Gasteiger partial charge in [-0.15, -0.1) is 5.73 Å². The molecule has 1 unspecified atom stereocenters. The fourth-order valence-electron chi connectivity index (χ4n) is 1.27. The van der Waals surface area contributed by atoms with Gasteiger partial charge in [0.2, 0.25) is 0 Å². The summed E-state index contributed by atoms with van der Waals surface area (Å²) in [6.07, 6.45) is 3.55. The summed E-state index contributed by atoms with van der Waals surface area (Å²) >= 11 is 0. The molecule has 0 aliphatic rings. The molecule has 1 atom stereocenters. The lowest BCUT2D eigenvalue weighted by Crippen LogP contribution is -2.28. The Labute approximate surface area is 86.6 Å². The van der Waals surface area contributed by atoms with E-state index in [0.29, 0.717) is 5.92 Å². The predicted octanol–water partition coefficient (Wildman–Crippen LogP) is 3.09. The minimum Gasteiger partial charge on any atom is -0.455 e. The normalized spacial score (nSPS) is 14.4. The monoisotopic (exact) mass is 196 g/mol. The summed E-state index contributed by atoms with van der Waals surface area (Å²) in [5, 5.41) is 0. The van der Waals surface area contributed by atoms with E-state index < -0.39 is 5.60 Å². The van der Waals surface area contributed by atoms with Gasteiger partial charge in [0.15, 0.2) is 0 Å². The van der Waals surface area contributed by atoms with Crippen LogP contribution in [0.5, 0.6) is 0 Å². The van der Waals surface area contributed by atoms with Crippen LogP contribution in [-0.2, 0) is 9.53 Å². The highest BCUT2D eigenvalue weighted by molar-refractivity contribution is 5.66. The first-order valence-electron chi connectivity index (χ1n) is 4.96. The van der Waals surface area contributed by atoms with E-state index in [4.69, 9.17) is 4.74 Å². The van der Waals surface area contributed by atoms with Crippen LogP contribution in [0.2, 0.25) is 0 Å². The summed E-state index contributed by atoms with van der Waals surface area (Å²) in [6.45, 7) is 11.1. The second-order valence-electron chi connectivity index (χ2n) is 4.19. The number of hydrogen-bond acceptors (Lipinski definition) is 2. The minimum atomic E-state index is -0.544. The average molecular weight is 196 g/mol. The van der Waals surface area contributed by atoms with Crippen molar-refractivity contribution in [1.29, 1.82) is 0 Å². The Bertz CT molecular complexity index is 237. The van der Waals surface area contributed by atoms with Crippen molar-refractivity contribution < 1.29 is 9.53 Å². The molecule has 0 N–H and O–H groups in total. The SMILES string of the molecule is C=C=CC(C)(CCC(C)C)OC(C)=O. The molecule has 80 valence electrons. The van der Waals surface area contributed by atoms with Crippen LogP contribution < -0.4 is 0 Å². The highest BCUT2D eigenvalue weighted by Gasteiger charge is 2.24. The van der Waals surface area contributed by atoms with Gasteiger partial charge in [0.1, 0.15) is 5.60 Å². The van der Waals surface area contributed by atoms with Crippen LogP contribution in [0.25, 0.3) is 0 Å². The predicted molar refractivity (Wildman–Crippen MR) is 58.0 cm³/mol. The average Bonchev–Trinajstić information content (AvgIpc) is 2.00. The molecule has 0 aromatic carbocycles. The Balaban J connectivity index is 4.38. The summed E-state index contributed by atoms with van der Waals surface area (Å²) in [4.78, 5) is 10.9. The lowest BCUT2D eigenvalue weighted by atomic mass is 9.95. The summed E-state index contributed by atoms with van der Waals surface area (Å²) < 4.78 is 5.23. The van der Waals surface area contributed by atoms with Gasteiger partial charge in [-0.2, -0.15) is 0 Å². The molecule has 0 heterocycles. The van der Waals surface area contributed by atoms with Crippen LogP contribution >= 0.6 is 0 Å². The van der Waals surface area contributed by atoms with Gasteiger partial charge in [-0.1, -0.05) is 20.4 Å². The van der Waals surface area contributed by atoms with E-state index in [1.54, 1.807) is 6.08 Å². The van der Waals surface area contributed by atoms with Gasteiger partial charge < -0.3 is 4.74 Å². The molecule has 0 amide bonds. The largest absolute Gasteiger partial charge is 0.455 e. The smallest absolute Gasteiger partial charge is 0.303 e. The number of hydrogen-bond donors (Lipinski definition) is 0. The molecule has 0 bridgehead atoms. The second kappa shape index (κ2) is 5.66. The Kier molecular flexibility index (Phi) is 5.26. The standard InChI is InChI=1S/C12H20O2/c1-6-8-12(5,14-11(4)13)9-7-10(2)3/h8,10H,1,7,9H2,2-5H3. The molecular weight excluding hydrogens is 176 g/mol. The topological polar surface area (TPSA) is 26.3 Å². The minimum absolute atomic E-state index is 0.261. The fourth-order valence-corrected chi connectivity index (χ4v) is 1.27. The maximum atomic E-state index is 10.9. The first kappa shape index (κ1) is 13.0. The molecule has 0 saturated heterocycles. The molecule has 0 rings (SSSR count). The molecule has 2 nitrogen and oxygen atoms in total.